The molecule has 0 aromatic carbocycles. The Morgan fingerprint density at radius 3 is 2.68 bits per heavy atom. The smallest absolute Gasteiger partial charge is 0.274 e. The number of aromatic nitrogens is 4. The largest absolute Gasteiger partial charge is 0.337 e. The first-order chi connectivity index (χ1) is 9.24. The molecular formula is C12H12ClN5O. The summed E-state index contributed by atoms with van der Waals surface area (Å²) in [7, 11) is 0. The molecule has 1 saturated heterocycles. The Kier molecular flexibility index (Phi) is 3.16. The molecule has 0 bridgehead atoms. The van der Waals surface area contributed by atoms with E-state index in [1.54, 1.807) is 29.2 Å². The molecule has 7 heteroatoms. The van der Waals surface area contributed by atoms with Crippen LogP contribution < -0.4 is 0 Å². The van der Waals surface area contributed by atoms with Gasteiger partial charge in [-0.05, 0) is 25.0 Å². The van der Waals surface area contributed by atoms with Gasteiger partial charge in [-0.15, -0.1) is 10.2 Å². The molecule has 3 rings (SSSR count). The molecule has 98 valence electrons. The van der Waals surface area contributed by atoms with Gasteiger partial charge in [-0.3, -0.25) is 9.36 Å². The van der Waals surface area contributed by atoms with Crippen molar-refractivity contribution in [1.29, 1.82) is 0 Å². The molecule has 19 heavy (non-hydrogen) atoms. The molecule has 3 heterocycles. The summed E-state index contributed by atoms with van der Waals surface area (Å²) in [5.41, 5.74) is 0.429. The third-order valence-electron chi connectivity index (χ3n) is 3.08. The fourth-order valence-electron chi connectivity index (χ4n) is 2.09. The lowest BCUT2D eigenvalue weighted by atomic mass is 10.4. The van der Waals surface area contributed by atoms with Crippen molar-refractivity contribution in [3.63, 3.8) is 0 Å². The lowest BCUT2D eigenvalue weighted by molar-refractivity contribution is 0.0787. The van der Waals surface area contributed by atoms with Gasteiger partial charge in [0.2, 0.25) is 0 Å². The molecule has 1 aliphatic heterocycles. The first kappa shape index (κ1) is 12.1. The van der Waals surface area contributed by atoms with E-state index in [0.29, 0.717) is 16.7 Å². The van der Waals surface area contributed by atoms with Gasteiger partial charge in [0.15, 0.2) is 11.0 Å². The molecule has 2 aromatic rings. The van der Waals surface area contributed by atoms with E-state index in [9.17, 15) is 4.79 Å². The van der Waals surface area contributed by atoms with Crippen molar-refractivity contribution in [2.75, 3.05) is 13.1 Å². The van der Waals surface area contributed by atoms with Crippen molar-refractivity contribution in [2.45, 2.75) is 12.8 Å². The number of nitrogens with zero attached hydrogens (tertiary/aromatic N) is 5. The highest BCUT2D eigenvalue weighted by molar-refractivity contribution is 6.29. The van der Waals surface area contributed by atoms with Crippen LogP contribution in [-0.2, 0) is 0 Å². The van der Waals surface area contributed by atoms with Crippen molar-refractivity contribution in [1.82, 2.24) is 24.6 Å². The Bertz CT molecular complexity index is 588. The van der Waals surface area contributed by atoms with Crippen LogP contribution >= 0.6 is 11.6 Å². The Morgan fingerprint density at radius 1 is 1.21 bits per heavy atom. The van der Waals surface area contributed by atoms with Crippen molar-refractivity contribution in [2.24, 2.45) is 0 Å². The molecule has 0 atom stereocenters. The Balaban J connectivity index is 1.82. The molecule has 0 unspecified atom stereocenters. The molecular weight excluding hydrogens is 266 g/mol. The van der Waals surface area contributed by atoms with E-state index in [0.717, 1.165) is 25.9 Å². The summed E-state index contributed by atoms with van der Waals surface area (Å²) in [4.78, 5) is 18.1. The number of halogens is 1. The van der Waals surface area contributed by atoms with Crippen molar-refractivity contribution in [3.8, 4) is 5.82 Å². The van der Waals surface area contributed by atoms with Crippen LogP contribution in [0.2, 0.25) is 5.15 Å². The molecule has 0 saturated carbocycles. The average Bonchev–Trinajstić information content (AvgIpc) is 3.10. The zero-order chi connectivity index (χ0) is 13.2. The summed E-state index contributed by atoms with van der Waals surface area (Å²) in [5, 5.41) is 8.02. The lowest BCUT2D eigenvalue weighted by Gasteiger charge is -2.12. The molecule has 0 N–H and O–H groups in total. The van der Waals surface area contributed by atoms with Gasteiger partial charge in [-0.1, -0.05) is 11.6 Å². The second-order valence-electron chi connectivity index (χ2n) is 4.38. The standard InChI is InChI=1S/C12H12ClN5O/c13-10-3-4-11(16-15-10)18-7-9(14-8-18)12(19)17-5-1-2-6-17/h3-4,7-8H,1-2,5-6H2. The van der Waals surface area contributed by atoms with E-state index in [4.69, 9.17) is 11.6 Å². The number of imidazole rings is 1. The summed E-state index contributed by atoms with van der Waals surface area (Å²) >= 11 is 5.68. The number of carbonyl (C=O) groups excluding carboxylic acids is 1. The minimum absolute atomic E-state index is 0.0295. The molecule has 1 aliphatic rings. The minimum atomic E-state index is -0.0295. The maximum absolute atomic E-state index is 12.1. The monoisotopic (exact) mass is 277 g/mol. The van der Waals surface area contributed by atoms with Crippen LogP contribution in [0.4, 0.5) is 0 Å². The van der Waals surface area contributed by atoms with E-state index >= 15 is 0 Å². The third-order valence-corrected chi connectivity index (χ3v) is 3.28. The van der Waals surface area contributed by atoms with E-state index in [-0.39, 0.29) is 5.91 Å². The van der Waals surface area contributed by atoms with E-state index in [1.165, 1.54) is 0 Å². The minimum Gasteiger partial charge on any atom is -0.337 e. The third kappa shape index (κ3) is 2.44. The Labute approximate surface area is 115 Å². The zero-order valence-electron chi connectivity index (χ0n) is 10.2. The van der Waals surface area contributed by atoms with Gasteiger partial charge in [-0.2, -0.15) is 0 Å². The maximum atomic E-state index is 12.1. The van der Waals surface area contributed by atoms with Crippen LogP contribution in [0.3, 0.4) is 0 Å². The Morgan fingerprint density at radius 2 is 2.00 bits per heavy atom. The van der Waals surface area contributed by atoms with Gasteiger partial charge in [0.05, 0.1) is 0 Å². The summed E-state index contributed by atoms with van der Waals surface area (Å²) < 4.78 is 1.66. The van der Waals surface area contributed by atoms with Gasteiger partial charge in [0.25, 0.3) is 5.91 Å². The molecule has 6 nitrogen and oxygen atoms in total. The van der Waals surface area contributed by atoms with Crippen LogP contribution in [0, 0.1) is 0 Å². The van der Waals surface area contributed by atoms with Crippen LogP contribution in [0.15, 0.2) is 24.7 Å². The van der Waals surface area contributed by atoms with E-state index in [1.807, 2.05) is 4.90 Å². The summed E-state index contributed by atoms with van der Waals surface area (Å²) in [6.07, 6.45) is 5.35. The normalized spacial score (nSPS) is 14.9. The molecule has 1 fully saturated rings. The van der Waals surface area contributed by atoms with Gasteiger partial charge in [0.1, 0.15) is 12.0 Å². The molecule has 1 amide bonds. The lowest BCUT2D eigenvalue weighted by Crippen LogP contribution is -2.27. The molecule has 0 aliphatic carbocycles. The molecule has 0 spiro atoms. The first-order valence-electron chi connectivity index (χ1n) is 6.07. The predicted molar refractivity (Wildman–Crippen MR) is 69.3 cm³/mol. The average molecular weight is 278 g/mol. The topological polar surface area (TPSA) is 63.9 Å². The predicted octanol–water partition coefficient (Wildman–Crippen LogP) is 1.55. The number of hydrogen-bond acceptors (Lipinski definition) is 4. The van der Waals surface area contributed by atoms with E-state index in [2.05, 4.69) is 15.2 Å². The van der Waals surface area contributed by atoms with Crippen LogP contribution in [0.1, 0.15) is 23.3 Å². The van der Waals surface area contributed by atoms with Crippen molar-refractivity contribution in [3.05, 3.63) is 35.5 Å². The van der Waals surface area contributed by atoms with Crippen LogP contribution in [0.5, 0.6) is 0 Å². The Hall–Kier alpha value is -1.95. The second kappa shape index (κ2) is 4.97. The summed E-state index contributed by atoms with van der Waals surface area (Å²) in [6.45, 7) is 1.62. The number of rotatable bonds is 2. The SMILES string of the molecule is O=C(c1cn(-c2ccc(Cl)nn2)cn1)N1CCCC1. The summed E-state index contributed by atoms with van der Waals surface area (Å²) in [6, 6.07) is 3.37. The second-order valence-corrected chi connectivity index (χ2v) is 4.77. The highest BCUT2D eigenvalue weighted by Gasteiger charge is 2.21. The number of amides is 1. The fraction of sp³-hybridized carbons (Fsp3) is 0.333. The van der Waals surface area contributed by atoms with Gasteiger partial charge in [0, 0.05) is 19.3 Å². The number of carbonyl (C=O) groups is 1. The molecule has 0 radical (unpaired) electrons. The van der Waals surface area contributed by atoms with Crippen LogP contribution in [-0.4, -0.2) is 43.6 Å². The quantitative estimate of drug-likeness (QED) is 0.835. The summed E-state index contributed by atoms with van der Waals surface area (Å²) in [5.74, 6) is 0.551. The first-order valence-corrected chi connectivity index (χ1v) is 6.45. The van der Waals surface area contributed by atoms with Crippen LogP contribution in [0.25, 0.3) is 5.82 Å². The number of hydrogen-bond donors (Lipinski definition) is 0. The van der Waals surface area contributed by atoms with Gasteiger partial charge in [-0.25, -0.2) is 4.98 Å². The highest BCUT2D eigenvalue weighted by Crippen LogP contribution is 2.13. The van der Waals surface area contributed by atoms with Gasteiger partial charge < -0.3 is 4.90 Å². The van der Waals surface area contributed by atoms with Gasteiger partial charge >= 0.3 is 0 Å². The van der Waals surface area contributed by atoms with Crippen molar-refractivity contribution < 1.29 is 4.79 Å². The van der Waals surface area contributed by atoms with E-state index < -0.39 is 0 Å². The van der Waals surface area contributed by atoms with Crippen molar-refractivity contribution >= 4 is 17.5 Å². The highest BCUT2D eigenvalue weighted by atomic mass is 35.5. The maximum Gasteiger partial charge on any atom is 0.274 e. The number of likely N-dealkylation sites (tertiary alicyclic amines) is 1. The molecule has 2 aromatic heterocycles. The zero-order valence-corrected chi connectivity index (χ0v) is 10.9. The fourth-order valence-corrected chi connectivity index (χ4v) is 2.19.